The molecule has 0 bridgehead atoms. The molecule has 0 saturated carbocycles. The summed E-state index contributed by atoms with van der Waals surface area (Å²) in [7, 11) is 0. The summed E-state index contributed by atoms with van der Waals surface area (Å²) in [5.74, 6) is -1.11. The number of aromatic nitrogens is 1. The molecule has 1 aromatic rings. The zero-order valence-electron chi connectivity index (χ0n) is 8.59. The van der Waals surface area contributed by atoms with Gasteiger partial charge in [0.15, 0.2) is 5.69 Å². The van der Waals surface area contributed by atoms with E-state index in [-0.39, 0.29) is 11.0 Å². The zero-order chi connectivity index (χ0) is 12.3. The number of aliphatic hydroxyl groups is 2. The molecule has 5 nitrogen and oxygen atoms in total. The van der Waals surface area contributed by atoms with Gasteiger partial charge in [0.1, 0.15) is 6.10 Å². The van der Waals surface area contributed by atoms with Gasteiger partial charge in [0, 0.05) is 17.1 Å². The molecule has 0 radical (unpaired) electrons. The molecule has 0 aromatic carbocycles. The van der Waals surface area contributed by atoms with Crippen molar-refractivity contribution in [3.8, 4) is 0 Å². The van der Waals surface area contributed by atoms with Crippen LogP contribution in [0, 0.1) is 6.92 Å². The summed E-state index contributed by atoms with van der Waals surface area (Å²) in [5, 5.41) is 28.1. The average molecular weight is 290 g/mol. The number of aromatic carboxylic acids is 1. The van der Waals surface area contributed by atoms with Crippen molar-refractivity contribution in [2.24, 2.45) is 0 Å². The van der Waals surface area contributed by atoms with E-state index in [4.69, 9.17) is 5.11 Å². The van der Waals surface area contributed by atoms with Crippen molar-refractivity contribution in [1.29, 1.82) is 0 Å². The number of aliphatic hydroxyl groups excluding tert-OH is 2. The maximum absolute atomic E-state index is 10.7. The first-order valence-electron chi connectivity index (χ1n) is 4.59. The lowest BCUT2D eigenvalue weighted by atomic mass is 10.0. The standard InChI is InChI=1S/C10H12BrNO4/c1-5-2-6(9(14)7(13)3-11)4-12-8(5)10(15)16/h2,4,7,9,13-14H,3H2,1H3,(H,15,16). The molecule has 0 aliphatic rings. The number of carboxylic acid groups (broad SMARTS) is 1. The van der Waals surface area contributed by atoms with Crippen molar-refractivity contribution >= 4 is 21.9 Å². The van der Waals surface area contributed by atoms with E-state index in [2.05, 4.69) is 20.9 Å². The molecule has 0 aliphatic heterocycles. The van der Waals surface area contributed by atoms with Crippen LogP contribution >= 0.6 is 15.9 Å². The fraction of sp³-hybridized carbons (Fsp3) is 0.400. The molecule has 0 amide bonds. The minimum absolute atomic E-state index is 0.0516. The number of aryl methyl sites for hydroxylation is 1. The first-order valence-corrected chi connectivity index (χ1v) is 5.71. The maximum atomic E-state index is 10.7. The molecule has 2 atom stereocenters. The van der Waals surface area contributed by atoms with E-state index in [0.29, 0.717) is 11.1 Å². The van der Waals surface area contributed by atoms with Crippen LogP contribution in [0.1, 0.15) is 27.7 Å². The average Bonchev–Trinajstić information content (AvgIpc) is 2.26. The van der Waals surface area contributed by atoms with E-state index < -0.39 is 18.2 Å². The third kappa shape index (κ3) is 2.78. The Kier molecular flexibility index (Phi) is 4.40. The summed E-state index contributed by atoms with van der Waals surface area (Å²) in [6.07, 6.45) is -0.766. The number of rotatable bonds is 4. The van der Waals surface area contributed by atoms with Crippen molar-refractivity contribution < 1.29 is 20.1 Å². The number of hydrogen-bond acceptors (Lipinski definition) is 4. The molecule has 1 aromatic heterocycles. The second-order valence-corrected chi connectivity index (χ2v) is 4.05. The fourth-order valence-electron chi connectivity index (χ4n) is 1.29. The van der Waals surface area contributed by atoms with Gasteiger partial charge in [-0.25, -0.2) is 9.78 Å². The van der Waals surface area contributed by atoms with Crippen LogP contribution in [-0.4, -0.2) is 37.7 Å². The van der Waals surface area contributed by atoms with Crippen LogP contribution in [0.15, 0.2) is 12.3 Å². The van der Waals surface area contributed by atoms with Gasteiger partial charge in [-0.15, -0.1) is 0 Å². The van der Waals surface area contributed by atoms with Gasteiger partial charge in [-0.1, -0.05) is 15.9 Å². The van der Waals surface area contributed by atoms with E-state index in [1.807, 2.05) is 0 Å². The predicted octanol–water partition coefficient (Wildman–Crippen LogP) is 0.877. The van der Waals surface area contributed by atoms with Gasteiger partial charge in [0.2, 0.25) is 0 Å². The molecule has 0 saturated heterocycles. The normalized spacial score (nSPS) is 14.5. The van der Waals surface area contributed by atoms with Crippen LogP contribution in [0.25, 0.3) is 0 Å². The monoisotopic (exact) mass is 289 g/mol. The highest BCUT2D eigenvalue weighted by Crippen LogP contribution is 2.19. The van der Waals surface area contributed by atoms with Crippen molar-refractivity contribution in [1.82, 2.24) is 4.98 Å². The molecule has 3 N–H and O–H groups in total. The third-order valence-corrected chi connectivity index (χ3v) is 2.83. The molecule has 1 rings (SSSR count). The van der Waals surface area contributed by atoms with Gasteiger partial charge in [0.25, 0.3) is 0 Å². The van der Waals surface area contributed by atoms with E-state index in [1.165, 1.54) is 12.3 Å². The number of carbonyl (C=O) groups is 1. The van der Waals surface area contributed by atoms with Crippen LogP contribution in [0.3, 0.4) is 0 Å². The van der Waals surface area contributed by atoms with E-state index in [0.717, 1.165) is 0 Å². The highest BCUT2D eigenvalue weighted by molar-refractivity contribution is 9.09. The highest BCUT2D eigenvalue weighted by atomic mass is 79.9. The first kappa shape index (κ1) is 13.1. The van der Waals surface area contributed by atoms with Crippen molar-refractivity contribution in [3.63, 3.8) is 0 Å². The lowest BCUT2D eigenvalue weighted by Gasteiger charge is -2.16. The quantitative estimate of drug-likeness (QED) is 0.716. The Labute approximate surface area is 101 Å². The Morgan fingerprint density at radius 2 is 2.19 bits per heavy atom. The Morgan fingerprint density at radius 1 is 1.56 bits per heavy atom. The first-order chi connectivity index (χ1) is 7.47. The smallest absolute Gasteiger partial charge is 0.354 e. The number of nitrogens with zero attached hydrogens (tertiary/aromatic N) is 1. The molecule has 0 aliphatic carbocycles. The molecule has 88 valence electrons. The lowest BCUT2D eigenvalue weighted by molar-refractivity contribution is 0.0340. The van der Waals surface area contributed by atoms with Crippen molar-refractivity contribution in [3.05, 3.63) is 29.1 Å². The van der Waals surface area contributed by atoms with Gasteiger partial charge < -0.3 is 15.3 Å². The van der Waals surface area contributed by atoms with E-state index in [1.54, 1.807) is 6.92 Å². The number of halogens is 1. The van der Waals surface area contributed by atoms with Gasteiger partial charge >= 0.3 is 5.97 Å². The lowest BCUT2D eigenvalue weighted by Crippen LogP contribution is -2.20. The number of carboxylic acids is 1. The molecule has 2 unspecified atom stereocenters. The molecular formula is C10H12BrNO4. The summed E-state index contributed by atoms with van der Waals surface area (Å²) < 4.78 is 0. The van der Waals surface area contributed by atoms with Gasteiger partial charge in [0.05, 0.1) is 6.10 Å². The van der Waals surface area contributed by atoms with Gasteiger partial charge in [-0.3, -0.25) is 0 Å². The Bertz CT molecular complexity index is 396. The van der Waals surface area contributed by atoms with Crippen LogP contribution in [-0.2, 0) is 0 Å². The Balaban J connectivity index is 3.01. The topological polar surface area (TPSA) is 90.7 Å². The van der Waals surface area contributed by atoms with Crippen LogP contribution in [0.2, 0.25) is 0 Å². The number of alkyl halides is 1. The van der Waals surface area contributed by atoms with Crippen LogP contribution in [0.4, 0.5) is 0 Å². The molecule has 16 heavy (non-hydrogen) atoms. The van der Waals surface area contributed by atoms with Crippen LogP contribution in [0.5, 0.6) is 0 Å². The molecular weight excluding hydrogens is 278 g/mol. The molecule has 0 spiro atoms. The summed E-state index contributed by atoms with van der Waals surface area (Å²) in [6.45, 7) is 1.59. The predicted molar refractivity (Wildman–Crippen MR) is 60.7 cm³/mol. The second kappa shape index (κ2) is 5.38. The van der Waals surface area contributed by atoms with E-state index >= 15 is 0 Å². The largest absolute Gasteiger partial charge is 0.477 e. The molecule has 1 heterocycles. The number of hydrogen-bond donors (Lipinski definition) is 3. The summed E-state index contributed by atoms with van der Waals surface area (Å²) in [6, 6.07) is 1.51. The number of pyridine rings is 1. The van der Waals surface area contributed by atoms with Crippen molar-refractivity contribution in [2.75, 3.05) is 5.33 Å². The minimum atomic E-state index is -1.11. The van der Waals surface area contributed by atoms with E-state index in [9.17, 15) is 15.0 Å². The Morgan fingerprint density at radius 3 is 2.62 bits per heavy atom. The van der Waals surface area contributed by atoms with Gasteiger partial charge in [-0.05, 0) is 18.6 Å². The van der Waals surface area contributed by atoms with Crippen molar-refractivity contribution in [2.45, 2.75) is 19.1 Å². The summed E-state index contributed by atoms with van der Waals surface area (Å²) in [5.41, 5.74) is 0.796. The highest BCUT2D eigenvalue weighted by Gasteiger charge is 2.19. The second-order valence-electron chi connectivity index (χ2n) is 3.41. The maximum Gasteiger partial charge on any atom is 0.354 e. The molecule has 0 fully saturated rings. The Hall–Kier alpha value is -0.980. The van der Waals surface area contributed by atoms with Gasteiger partial charge in [-0.2, -0.15) is 0 Å². The third-order valence-electron chi connectivity index (χ3n) is 2.17. The molecule has 6 heteroatoms. The fourth-order valence-corrected chi connectivity index (χ4v) is 1.64. The van der Waals surface area contributed by atoms with Crippen LogP contribution < -0.4 is 0 Å². The zero-order valence-corrected chi connectivity index (χ0v) is 10.2. The SMILES string of the molecule is Cc1cc(C(O)C(O)CBr)cnc1C(=O)O. The summed E-state index contributed by atoms with van der Waals surface area (Å²) in [4.78, 5) is 14.4. The minimum Gasteiger partial charge on any atom is -0.477 e. The summed E-state index contributed by atoms with van der Waals surface area (Å²) >= 11 is 3.04.